The Balaban J connectivity index is 1.64. The molecule has 0 aromatic heterocycles. The van der Waals surface area contributed by atoms with Gasteiger partial charge in [0.1, 0.15) is 0 Å². The molecule has 1 aliphatic rings. The lowest BCUT2D eigenvalue weighted by Gasteiger charge is -2.19. The van der Waals surface area contributed by atoms with E-state index in [1.165, 1.54) is 10.5 Å². The first kappa shape index (κ1) is 15.4. The van der Waals surface area contributed by atoms with Gasteiger partial charge in [0.15, 0.2) is 0 Å². The van der Waals surface area contributed by atoms with Gasteiger partial charge in [-0.3, -0.25) is 14.5 Å². The van der Waals surface area contributed by atoms with Crippen LogP contribution in [0.15, 0.2) is 54.6 Å². The number of nitrogens with zero attached hydrogens (tertiary/aromatic N) is 1. The van der Waals surface area contributed by atoms with Gasteiger partial charge < -0.3 is 4.74 Å². The van der Waals surface area contributed by atoms with Gasteiger partial charge in [-0.15, -0.1) is 0 Å². The lowest BCUT2D eigenvalue weighted by molar-refractivity contribution is 0.0573. The molecule has 2 amide bonds. The number of amides is 2. The van der Waals surface area contributed by atoms with Crippen molar-refractivity contribution in [3.8, 4) is 0 Å². The van der Waals surface area contributed by atoms with Crippen LogP contribution in [0.25, 0.3) is 0 Å². The van der Waals surface area contributed by atoms with Crippen LogP contribution >= 0.6 is 0 Å². The third kappa shape index (κ3) is 3.17. The van der Waals surface area contributed by atoms with Crippen molar-refractivity contribution in [3.05, 3.63) is 71.3 Å². The molecule has 0 fully saturated rings. The Labute approximate surface area is 135 Å². The minimum absolute atomic E-state index is 0.0262. The van der Waals surface area contributed by atoms with E-state index in [-0.39, 0.29) is 17.9 Å². The summed E-state index contributed by atoms with van der Waals surface area (Å²) in [5.41, 5.74) is 2.17. The maximum Gasteiger partial charge on any atom is 0.261 e. The zero-order valence-electron chi connectivity index (χ0n) is 13.1. The van der Waals surface area contributed by atoms with Gasteiger partial charge in [-0.2, -0.15) is 0 Å². The van der Waals surface area contributed by atoms with Crippen LogP contribution in [0.2, 0.25) is 0 Å². The molecule has 0 saturated carbocycles. The maximum absolute atomic E-state index is 12.3. The Kier molecular flexibility index (Phi) is 4.53. The van der Waals surface area contributed by atoms with Gasteiger partial charge in [-0.25, -0.2) is 0 Å². The highest BCUT2D eigenvalue weighted by Crippen LogP contribution is 2.23. The number of fused-ring (bicyclic) bond motifs is 1. The monoisotopic (exact) mass is 309 g/mol. The SMILES string of the molecule is COC(CCN1C(=O)c2ccccc2C1=O)Cc1ccccc1. The van der Waals surface area contributed by atoms with Gasteiger partial charge in [-0.1, -0.05) is 42.5 Å². The minimum Gasteiger partial charge on any atom is -0.381 e. The van der Waals surface area contributed by atoms with Gasteiger partial charge in [0.25, 0.3) is 11.8 Å². The predicted octanol–water partition coefficient (Wildman–Crippen LogP) is 2.93. The van der Waals surface area contributed by atoms with E-state index in [0.717, 1.165) is 6.42 Å². The summed E-state index contributed by atoms with van der Waals surface area (Å²) < 4.78 is 5.51. The van der Waals surface area contributed by atoms with Crippen LogP contribution in [-0.4, -0.2) is 36.5 Å². The highest BCUT2D eigenvalue weighted by Gasteiger charge is 2.34. The second kappa shape index (κ2) is 6.75. The van der Waals surface area contributed by atoms with Crippen LogP contribution in [0, 0.1) is 0 Å². The van der Waals surface area contributed by atoms with Crippen LogP contribution < -0.4 is 0 Å². The van der Waals surface area contributed by atoms with Crippen LogP contribution in [0.5, 0.6) is 0 Å². The van der Waals surface area contributed by atoms with Crippen LogP contribution in [-0.2, 0) is 11.2 Å². The van der Waals surface area contributed by atoms with Crippen LogP contribution in [0.4, 0.5) is 0 Å². The van der Waals surface area contributed by atoms with Crippen LogP contribution in [0.3, 0.4) is 0 Å². The molecule has 3 rings (SSSR count). The summed E-state index contributed by atoms with van der Waals surface area (Å²) in [7, 11) is 1.66. The number of benzene rings is 2. The van der Waals surface area contributed by atoms with E-state index >= 15 is 0 Å². The Bertz CT molecular complexity index is 677. The van der Waals surface area contributed by atoms with E-state index in [1.54, 1.807) is 31.4 Å². The smallest absolute Gasteiger partial charge is 0.261 e. The molecule has 0 aliphatic carbocycles. The molecule has 0 saturated heterocycles. The summed E-state index contributed by atoms with van der Waals surface area (Å²) in [5.74, 6) is -0.416. The Morgan fingerprint density at radius 3 is 2.04 bits per heavy atom. The molecule has 1 aliphatic heterocycles. The first-order valence-corrected chi connectivity index (χ1v) is 7.72. The van der Waals surface area contributed by atoms with Crippen molar-refractivity contribution in [1.82, 2.24) is 4.90 Å². The number of carbonyl (C=O) groups excluding carboxylic acids is 2. The fourth-order valence-electron chi connectivity index (χ4n) is 2.90. The Morgan fingerprint density at radius 1 is 0.913 bits per heavy atom. The van der Waals surface area contributed by atoms with E-state index in [4.69, 9.17) is 4.74 Å². The summed E-state index contributed by atoms with van der Waals surface area (Å²) in [6.07, 6.45) is 1.36. The maximum atomic E-state index is 12.3. The van der Waals surface area contributed by atoms with Crippen LogP contribution in [0.1, 0.15) is 32.7 Å². The fourth-order valence-corrected chi connectivity index (χ4v) is 2.90. The average Bonchev–Trinajstić information content (AvgIpc) is 2.84. The molecule has 2 aromatic carbocycles. The Hall–Kier alpha value is -2.46. The first-order chi connectivity index (χ1) is 11.2. The summed E-state index contributed by atoms with van der Waals surface area (Å²) in [6, 6.07) is 17.0. The van der Waals surface area contributed by atoms with E-state index in [0.29, 0.717) is 24.1 Å². The lowest BCUT2D eigenvalue weighted by atomic mass is 10.1. The minimum atomic E-state index is -0.208. The summed E-state index contributed by atoms with van der Waals surface area (Å²) in [4.78, 5) is 26.0. The zero-order chi connectivity index (χ0) is 16.2. The van der Waals surface area contributed by atoms with E-state index in [2.05, 4.69) is 0 Å². The van der Waals surface area contributed by atoms with Crippen molar-refractivity contribution in [3.63, 3.8) is 0 Å². The van der Waals surface area contributed by atoms with E-state index in [1.807, 2.05) is 30.3 Å². The van der Waals surface area contributed by atoms with Gasteiger partial charge in [0, 0.05) is 13.7 Å². The number of carbonyl (C=O) groups is 2. The standard InChI is InChI=1S/C19H19NO3/c1-23-15(13-14-7-3-2-4-8-14)11-12-20-18(21)16-9-5-6-10-17(16)19(20)22/h2-10,15H,11-13H2,1H3. The molecule has 118 valence electrons. The lowest BCUT2D eigenvalue weighted by Crippen LogP contribution is -2.33. The molecule has 0 spiro atoms. The van der Waals surface area contributed by atoms with Crippen molar-refractivity contribution in [1.29, 1.82) is 0 Å². The molecule has 2 aromatic rings. The molecule has 1 unspecified atom stereocenters. The van der Waals surface area contributed by atoms with Gasteiger partial charge in [0.2, 0.25) is 0 Å². The number of imide groups is 1. The molecular weight excluding hydrogens is 290 g/mol. The zero-order valence-corrected chi connectivity index (χ0v) is 13.1. The number of hydrogen-bond acceptors (Lipinski definition) is 3. The fraction of sp³-hybridized carbons (Fsp3) is 0.263. The van der Waals surface area contributed by atoms with Crippen molar-refractivity contribution in [2.24, 2.45) is 0 Å². The Morgan fingerprint density at radius 2 is 1.48 bits per heavy atom. The second-order valence-electron chi connectivity index (χ2n) is 5.64. The molecular formula is C19H19NO3. The molecule has 1 heterocycles. The number of rotatable bonds is 6. The van der Waals surface area contributed by atoms with Crippen molar-refractivity contribution in [2.75, 3.05) is 13.7 Å². The highest BCUT2D eigenvalue weighted by molar-refractivity contribution is 6.21. The average molecular weight is 309 g/mol. The predicted molar refractivity (Wildman–Crippen MR) is 87.4 cm³/mol. The molecule has 0 N–H and O–H groups in total. The quantitative estimate of drug-likeness (QED) is 0.771. The normalized spacial score (nSPS) is 14.9. The van der Waals surface area contributed by atoms with E-state index in [9.17, 15) is 9.59 Å². The molecule has 23 heavy (non-hydrogen) atoms. The summed E-state index contributed by atoms with van der Waals surface area (Å²) in [6.45, 7) is 0.373. The van der Waals surface area contributed by atoms with Gasteiger partial charge in [-0.05, 0) is 30.5 Å². The summed E-state index contributed by atoms with van der Waals surface area (Å²) >= 11 is 0. The highest BCUT2D eigenvalue weighted by atomic mass is 16.5. The topological polar surface area (TPSA) is 46.6 Å². The first-order valence-electron chi connectivity index (χ1n) is 7.72. The molecule has 0 bridgehead atoms. The van der Waals surface area contributed by atoms with Gasteiger partial charge in [0.05, 0.1) is 17.2 Å². The van der Waals surface area contributed by atoms with Crippen molar-refractivity contribution >= 4 is 11.8 Å². The second-order valence-corrected chi connectivity index (χ2v) is 5.64. The van der Waals surface area contributed by atoms with E-state index < -0.39 is 0 Å². The molecule has 0 radical (unpaired) electrons. The van der Waals surface area contributed by atoms with Gasteiger partial charge >= 0.3 is 0 Å². The third-order valence-corrected chi connectivity index (χ3v) is 4.19. The molecule has 4 nitrogen and oxygen atoms in total. The number of methoxy groups -OCH3 is 1. The largest absolute Gasteiger partial charge is 0.381 e. The third-order valence-electron chi connectivity index (χ3n) is 4.19. The summed E-state index contributed by atoms with van der Waals surface area (Å²) in [5, 5.41) is 0. The molecule has 4 heteroatoms. The molecule has 1 atom stereocenters. The van der Waals surface area contributed by atoms with Crippen molar-refractivity contribution in [2.45, 2.75) is 18.9 Å². The van der Waals surface area contributed by atoms with Crippen molar-refractivity contribution < 1.29 is 14.3 Å². The number of hydrogen-bond donors (Lipinski definition) is 0. The number of ether oxygens (including phenoxy) is 1.